The van der Waals surface area contributed by atoms with E-state index in [2.05, 4.69) is 15.2 Å². The van der Waals surface area contributed by atoms with E-state index in [-0.39, 0.29) is 11.4 Å². The van der Waals surface area contributed by atoms with Gasteiger partial charge in [-0.25, -0.2) is 8.42 Å². The molecule has 0 radical (unpaired) electrons. The number of aryl methyl sites for hydroxylation is 1. The standard InChI is InChI=1S/C28H27N5O2S/c1-20-27-16-22(12-13-28(27)32-31-20)23-15-25(18-30-17-23)33(36(34,35)26-10-6-3-7-11-26)19-24(29)14-21-8-4-2-5-9-21/h2-13,15-18,24H,14,19,29H2,1H3,(H,31,32). The summed E-state index contributed by atoms with van der Waals surface area (Å²) in [6.07, 6.45) is 3.85. The third kappa shape index (κ3) is 4.86. The number of anilines is 1. The highest BCUT2D eigenvalue weighted by atomic mass is 32.2. The second-order valence-electron chi connectivity index (χ2n) is 8.80. The fourth-order valence-electron chi connectivity index (χ4n) is 4.30. The Balaban J connectivity index is 1.53. The average molecular weight is 498 g/mol. The monoisotopic (exact) mass is 497 g/mol. The number of H-pyrrole nitrogens is 1. The van der Waals surface area contributed by atoms with E-state index in [0.717, 1.165) is 33.3 Å². The number of aromatic amines is 1. The van der Waals surface area contributed by atoms with Gasteiger partial charge in [0.05, 0.1) is 28.0 Å². The molecule has 0 aliphatic carbocycles. The summed E-state index contributed by atoms with van der Waals surface area (Å²) in [5.74, 6) is 0. The number of benzene rings is 3. The average Bonchev–Trinajstić information content (AvgIpc) is 3.28. The van der Waals surface area contributed by atoms with E-state index in [1.54, 1.807) is 42.7 Å². The molecule has 2 heterocycles. The summed E-state index contributed by atoms with van der Waals surface area (Å²) >= 11 is 0. The van der Waals surface area contributed by atoms with Gasteiger partial charge < -0.3 is 5.73 Å². The van der Waals surface area contributed by atoms with Crippen molar-refractivity contribution in [3.63, 3.8) is 0 Å². The first-order chi connectivity index (χ1) is 17.4. The molecule has 36 heavy (non-hydrogen) atoms. The Morgan fingerprint density at radius 3 is 2.39 bits per heavy atom. The molecule has 5 rings (SSSR count). The highest BCUT2D eigenvalue weighted by molar-refractivity contribution is 7.92. The molecule has 8 heteroatoms. The Labute approximate surface area is 210 Å². The first-order valence-corrected chi connectivity index (χ1v) is 13.1. The first kappa shape index (κ1) is 23.7. The van der Waals surface area contributed by atoms with E-state index >= 15 is 0 Å². The molecule has 0 saturated heterocycles. The van der Waals surface area contributed by atoms with Gasteiger partial charge in [0.15, 0.2) is 0 Å². The van der Waals surface area contributed by atoms with Crippen molar-refractivity contribution in [1.29, 1.82) is 0 Å². The van der Waals surface area contributed by atoms with Crippen LogP contribution < -0.4 is 10.0 Å². The van der Waals surface area contributed by atoms with Crippen LogP contribution in [0.25, 0.3) is 22.0 Å². The summed E-state index contributed by atoms with van der Waals surface area (Å²) in [5, 5.41) is 8.29. The van der Waals surface area contributed by atoms with Gasteiger partial charge in [-0.2, -0.15) is 5.10 Å². The van der Waals surface area contributed by atoms with Crippen molar-refractivity contribution in [2.75, 3.05) is 10.8 Å². The zero-order valence-corrected chi connectivity index (χ0v) is 20.7. The second kappa shape index (κ2) is 9.93. The fraction of sp³-hybridized carbons (Fsp3) is 0.143. The summed E-state index contributed by atoms with van der Waals surface area (Å²) in [6, 6.07) is 25.6. The smallest absolute Gasteiger partial charge is 0.264 e. The Hall–Kier alpha value is -4.01. The third-order valence-corrected chi connectivity index (χ3v) is 7.98. The summed E-state index contributed by atoms with van der Waals surface area (Å²) in [5.41, 5.74) is 11.6. The van der Waals surface area contributed by atoms with Crippen LogP contribution in [0.1, 0.15) is 11.3 Å². The van der Waals surface area contributed by atoms with Gasteiger partial charge in [0.2, 0.25) is 0 Å². The van der Waals surface area contributed by atoms with Crippen LogP contribution in [0.5, 0.6) is 0 Å². The highest BCUT2D eigenvalue weighted by Gasteiger charge is 2.27. The predicted octanol–water partition coefficient (Wildman–Crippen LogP) is 4.70. The molecule has 0 amide bonds. The fourth-order valence-corrected chi connectivity index (χ4v) is 5.82. The van der Waals surface area contributed by atoms with E-state index in [9.17, 15) is 8.42 Å². The molecular weight excluding hydrogens is 470 g/mol. The number of nitrogens with one attached hydrogen (secondary N) is 1. The molecule has 5 aromatic rings. The van der Waals surface area contributed by atoms with Crippen LogP contribution in [0.4, 0.5) is 5.69 Å². The van der Waals surface area contributed by atoms with Crippen LogP contribution >= 0.6 is 0 Å². The zero-order valence-electron chi connectivity index (χ0n) is 19.9. The number of aromatic nitrogens is 3. The lowest BCUT2D eigenvalue weighted by Crippen LogP contribution is -2.42. The topological polar surface area (TPSA) is 105 Å². The molecule has 0 bridgehead atoms. The number of pyridine rings is 1. The van der Waals surface area contributed by atoms with Crippen LogP contribution in [0.2, 0.25) is 0 Å². The lowest BCUT2D eigenvalue weighted by Gasteiger charge is -2.27. The van der Waals surface area contributed by atoms with Crippen molar-refractivity contribution in [3.05, 3.63) is 109 Å². The lowest BCUT2D eigenvalue weighted by molar-refractivity contribution is 0.581. The normalized spacial score (nSPS) is 12.5. The molecule has 7 nitrogen and oxygen atoms in total. The Morgan fingerprint density at radius 2 is 1.64 bits per heavy atom. The molecule has 1 unspecified atom stereocenters. The number of hydrogen-bond donors (Lipinski definition) is 2. The molecule has 2 aromatic heterocycles. The van der Waals surface area contributed by atoms with Crippen molar-refractivity contribution in [3.8, 4) is 11.1 Å². The van der Waals surface area contributed by atoms with Crippen molar-refractivity contribution < 1.29 is 8.42 Å². The molecule has 0 aliphatic rings. The van der Waals surface area contributed by atoms with Crippen LogP contribution in [0.15, 0.2) is 102 Å². The van der Waals surface area contributed by atoms with Gasteiger partial charge >= 0.3 is 0 Å². The number of sulfonamides is 1. The molecule has 182 valence electrons. The summed E-state index contributed by atoms with van der Waals surface area (Å²) in [7, 11) is -3.87. The van der Waals surface area contributed by atoms with Crippen molar-refractivity contribution in [2.45, 2.75) is 24.3 Å². The Bertz CT molecular complexity index is 1580. The van der Waals surface area contributed by atoms with Gasteiger partial charge in [-0.05, 0) is 54.8 Å². The first-order valence-electron chi connectivity index (χ1n) is 11.7. The molecule has 1 atom stereocenters. The Morgan fingerprint density at radius 1 is 0.917 bits per heavy atom. The zero-order chi connectivity index (χ0) is 25.1. The van der Waals surface area contributed by atoms with E-state index in [0.29, 0.717) is 12.1 Å². The summed E-state index contributed by atoms with van der Waals surface area (Å²) < 4.78 is 28.9. The minimum absolute atomic E-state index is 0.108. The van der Waals surface area contributed by atoms with Crippen LogP contribution in [0.3, 0.4) is 0 Å². The molecule has 3 aromatic carbocycles. The minimum Gasteiger partial charge on any atom is -0.326 e. The molecule has 0 aliphatic heterocycles. The van der Waals surface area contributed by atoms with Crippen LogP contribution in [0, 0.1) is 6.92 Å². The SMILES string of the molecule is Cc1n[nH]c2ccc(-c3cncc(N(CC(N)Cc4ccccc4)S(=O)(=O)c4ccccc4)c3)cc12. The van der Waals surface area contributed by atoms with Crippen molar-refractivity contribution in [1.82, 2.24) is 15.2 Å². The maximum atomic E-state index is 13.8. The van der Waals surface area contributed by atoms with E-state index in [1.165, 1.54) is 4.31 Å². The van der Waals surface area contributed by atoms with Gasteiger partial charge in [-0.3, -0.25) is 14.4 Å². The van der Waals surface area contributed by atoms with Gasteiger partial charge in [0.25, 0.3) is 10.0 Å². The molecule has 0 saturated carbocycles. The lowest BCUT2D eigenvalue weighted by atomic mass is 10.0. The van der Waals surface area contributed by atoms with Gasteiger partial charge in [-0.1, -0.05) is 54.6 Å². The molecular formula is C28H27N5O2S. The highest BCUT2D eigenvalue weighted by Crippen LogP contribution is 2.30. The van der Waals surface area contributed by atoms with E-state index in [1.807, 2.05) is 61.5 Å². The van der Waals surface area contributed by atoms with Gasteiger partial charge in [0.1, 0.15) is 0 Å². The van der Waals surface area contributed by atoms with Gasteiger partial charge in [-0.15, -0.1) is 0 Å². The van der Waals surface area contributed by atoms with Crippen molar-refractivity contribution in [2.24, 2.45) is 5.73 Å². The van der Waals surface area contributed by atoms with E-state index < -0.39 is 16.1 Å². The van der Waals surface area contributed by atoms with E-state index in [4.69, 9.17) is 5.73 Å². The number of fused-ring (bicyclic) bond motifs is 1. The number of nitrogens with two attached hydrogens (primary N) is 1. The molecule has 0 spiro atoms. The maximum Gasteiger partial charge on any atom is 0.264 e. The number of nitrogens with zero attached hydrogens (tertiary/aromatic N) is 3. The van der Waals surface area contributed by atoms with Gasteiger partial charge in [0, 0.05) is 29.7 Å². The number of hydrogen-bond acceptors (Lipinski definition) is 5. The quantitative estimate of drug-likeness (QED) is 0.323. The predicted molar refractivity (Wildman–Crippen MR) is 143 cm³/mol. The number of rotatable bonds is 8. The third-order valence-electron chi connectivity index (χ3n) is 6.17. The largest absolute Gasteiger partial charge is 0.326 e. The maximum absolute atomic E-state index is 13.8. The Kier molecular flexibility index (Phi) is 6.54. The second-order valence-corrected chi connectivity index (χ2v) is 10.7. The van der Waals surface area contributed by atoms with Crippen molar-refractivity contribution >= 4 is 26.6 Å². The van der Waals surface area contributed by atoms with Crippen LogP contribution in [-0.4, -0.2) is 36.2 Å². The molecule has 0 fully saturated rings. The van der Waals surface area contributed by atoms with Crippen LogP contribution in [-0.2, 0) is 16.4 Å². The molecule has 3 N–H and O–H groups in total. The summed E-state index contributed by atoms with van der Waals surface area (Å²) in [4.78, 5) is 4.61. The minimum atomic E-state index is -3.87. The summed E-state index contributed by atoms with van der Waals surface area (Å²) in [6.45, 7) is 2.05.